The number of nitrogens with one attached hydrogen (secondary N) is 1. The predicted octanol–water partition coefficient (Wildman–Crippen LogP) is 3.78. The van der Waals surface area contributed by atoms with E-state index in [0.717, 1.165) is 40.9 Å². The third-order valence-corrected chi connectivity index (χ3v) is 4.49. The molecule has 2 heterocycles. The van der Waals surface area contributed by atoms with Gasteiger partial charge in [0.1, 0.15) is 5.75 Å². The number of aryl methyl sites for hydroxylation is 1. The molecule has 1 aliphatic carbocycles. The first kappa shape index (κ1) is 13.2. The summed E-state index contributed by atoms with van der Waals surface area (Å²) in [6, 6.07) is 10.3. The van der Waals surface area contributed by atoms with Crippen molar-refractivity contribution in [1.29, 1.82) is 0 Å². The number of anilines is 1. The molecule has 0 bridgehead atoms. The SMILES string of the molecule is Cc1ccc([C@H]2C[C@@H](Oc3ccc4[nH]cc(N)c4c3)C2)cn1. The Hall–Kier alpha value is -2.49. The minimum Gasteiger partial charge on any atom is -0.490 e. The Balaban J connectivity index is 1.42. The molecule has 3 N–H and O–H groups in total. The number of fused-ring (bicyclic) bond motifs is 1. The average Bonchev–Trinajstić information content (AvgIpc) is 2.85. The number of ether oxygens (including phenoxy) is 1. The van der Waals surface area contributed by atoms with E-state index in [1.54, 1.807) is 0 Å². The number of nitrogens with two attached hydrogens (primary N) is 1. The van der Waals surface area contributed by atoms with Gasteiger partial charge in [-0.2, -0.15) is 0 Å². The van der Waals surface area contributed by atoms with E-state index in [1.807, 2.05) is 37.5 Å². The molecular weight excluding hydrogens is 274 g/mol. The van der Waals surface area contributed by atoms with Gasteiger partial charge < -0.3 is 15.5 Å². The fraction of sp³-hybridized carbons (Fsp3) is 0.278. The van der Waals surface area contributed by atoms with Crippen molar-refractivity contribution < 1.29 is 4.74 Å². The van der Waals surface area contributed by atoms with Gasteiger partial charge in [0, 0.05) is 29.0 Å². The van der Waals surface area contributed by atoms with E-state index in [-0.39, 0.29) is 6.10 Å². The van der Waals surface area contributed by atoms with Gasteiger partial charge in [0.05, 0.1) is 11.8 Å². The smallest absolute Gasteiger partial charge is 0.120 e. The fourth-order valence-corrected chi connectivity index (χ4v) is 3.04. The van der Waals surface area contributed by atoms with Crippen LogP contribution in [-0.4, -0.2) is 16.1 Å². The highest BCUT2D eigenvalue weighted by molar-refractivity contribution is 5.92. The summed E-state index contributed by atoms with van der Waals surface area (Å²) in [5.74, 6) is 1.46. The number of pyridine rings is 1. The van der Waals surface area contributed by atoms with Gasteiger partial charge >= 0.3 is 0 Å². The number of nitrogen functional groups attached to an aromatic ring is 1. The van der Waals surface area contributed by atoms with E-state index in [9.17, 15) is 0 Å². The van der Waals surface area contributed by atoms with Crippen LogP contribution in [0.1, 0.15) is 30.0 Å². The second-order valence-corrected chi connectivity index (χ2v) is 6.09. The zero-order chi connectivity index (χ0) is 15.1. The number of nitrogens with zero attached hydrogens (tertiary/aromatic N) is 1. The number of aromatic amines is 1. The van der Waals surface area contributed by atoms with Gasteiger partial charge in [-0.1, -0.05) is 6.07 Å². The Morgan fingerprint density at radius 3 is 2.86 bits per heavy atom. The van der Waals surface area contributed by atoms with Crippen LogP contribution in [0.15, 0.2) is 42.7 Å². The Bertz CT molecular complexity index is 801. The fourth-order valence-electron chi connectivity index (χ4n) is 3.04. The van der Waals surface area contributed by atoms with Gasteiger partial charge in [0.15, 0.2) is 0 Å². The van der Waals surface area contributed by atoms with Crippen molar-refractivity contribution >= 4 is 16.6 Å². The Morgan fingerprint density at radius 2 is 2.09 bits per heavy atom. The van der Waals surface area contributed by atoms with E-state index in [2.05, 4.69) is 22.1 Å². The summed E-state index contributed by atoms with van der Waals surface area (Å²) in [4.78, 5) is 7.51. The quantitative estimate of drug-likeness (QED) is 0.772. The first-order valence-corrected chi connectivity index (χ1v) is 7.65. The summed E-state index contributed by atoms with van der Waals surface area (Å²) in [6.07, 6.45) is 6.18. The van der Waals surface area contributed by atoms with E-state index >= 15 is 0 Å². The van der Waals surface area contributed by atoms with Crippen molar-refractivity contribution in [2.24, 2.45) is 0 Å². The van der Waals surface area contributed by atoms with E-state index in [4.69, 9.17) is 10.5 Å². The van der Waals surface area contributed by atoms with Crippen LogP contribution in [-0.2, 0) is 0 Å². The summed E-state index contributed by atoms with van der Waals surface area (Å²) in [7, 11) is 0. The molecule has 1 aliphatic rings. The molecule has 0 spiro atoms. The average molecular weight is 293 g/mol. The summed E-state index contributed by atoms with van der Waals surface area (Å²) in [5, 5.41) is 1.02. The second kappa shape index (κ2) is 5.05. The highest BCUT2D eigenvalue weighted by atomic mass is 16.5. The van der Waals surface area contributed by atoms with E-state index in [1.165, 1.54) is 5.56 Å². The predicted molar refractivity (Wildman–Crippen MR) is 88.1 cm³/mol. The van der Waals surface area contributed by atoms with Crippen LogP contribution in [0.3, 0.4) is 0 Å². The topological polar surface area (TPSA) is 63.9 Å². The molecule has 4 heteroatoms. The lowest BCUT2D eigenvalue weighted by atomic mass is 9.78. The largest absolute Gasteiger partial charge is 0.490 e. The van der Waals surface area contributed by atoms with Gasteiger partial charge in [-0.3, -0.25) is 4.98 Å². The Labute approximate surface area is 129 Å². The minimum atomic E-state index is 0.281. The molecule has 3 aromatic rings. The summed E-state index contributed by atoms with van der Waals surface area (Å²) in [5.41, 5.74) is 10.1. The Morgan fingerprint density at radius 1 is 1.23 bits per heavy atom. The zero-order valence-electron chi connectivity index (χ0n) is 12.5. The van der Waals surface area contributed by atoms with Crippen LogP contribution in [0.25, 0.3) is 10.9 Å². The first-order valence-electron chi connectivity index (χ1n) is 7.65. The molecule has 1 fully saturated rings. The number of H-pyrrole nitrogens is 1. The number of rotatable bonds is 3. The van der Waals surface area contributed by atoms with Crippen molar-refractivity contribution in [3.8, 4) is 5.75 Å². The molecule has 1 saturated carbocycles. The van der Waals surface area contributed by atoms with Crippen LogP contribution in [0.2, 0.25) is 0 Å². The summed E-state index contributed by atoms with van der Waals surface area (Å²) in [6.45, 7) is 2.01. The molecule has 112 valence electrons. The van der Waals surface area contributed by atoms with Crippen molar-refractivity contribution in [2.45, 2.75) is 31.8 Å². The van der Waals surface area contributed by atoms with Crippen molar-refractivity contribution in [1.82, 2.24) is 9.97 Å². The lowest BCUT2D eigenvalue weighted by molar-refractivity contribution is 0.0986. The van der Waals surface area contributed by atoms with E-state index < -0.39 is 0 Å². The van der Waals surface area contributed by atoms with Crippen LogP contribution in [0.5, 0.6) is 5.75 Å². The van der Waals surface area contributed by atoms with Gasteiger partial charge in [-0.25, -0.2) is 0 Å². The maximum Gasteiger partial charge on any atom is 0.120 e. The third kappa shape index (κ3) is 2.30. The van der Waals surface area contributed by atoms with Gasteiger partial charge in [-0.15, -0.1) is 0 Å². The van der Waals surface area contributed by atoms with E-state index in [0.29, 0.717) is 5.92 Å². The third-order valence-electron chi connectivity index (χ3n) is 4.49. The monoisotopic (exact) mass is 293 g/mol. The van der Waals surface area contributed by atoms with Gasteiger partial charge in [-0.05, 0) is 55.5 Å². The number of benzene rings is 1. The number of hydrogen-bond donors (Lipinski definition) is 2. The first-order chi connectivity index (χ1) is 10.7. The highest BCUT2D eigenvalue weighted by Gasteiger charge is 2.32. The molecule has 4 nitrogen and oxygen atoms in total. The van der Waals surface area contributed by atoms with Crippen molar-refractivity contribution in [3.05, 3.63) is 54.0 Å². The molecular formula is C18H19N3O. The van der Waals surface area contributed by atoms with Crippen molar-refractivity contribution in [3.63, 3.8) is 0 Å². The number of hydrogen-bond acceptors (Lipinski definition) is 3. The van der Waals surface area contributed by atoms with Gasteiger partial charge in [0.25, 0.3) is 0 Å². The second-order valence-electron chi connectivity index (χ2n) is 6.09. The maximum atomic E-state index is 6.07. The van der Waals surface area contributed by atoms with Crippen LogP contribution in [0.4, 0.5) is 5.69 Å². The molecule has 0 aliphatic heterocycles. The molecule has 0 radical (unpaired) electrons. The standard InChI is InChI=1S/C18H19N3O/c1-11-2-3-12(9-20-11)13-6-15(7-13)22-14-4-5-18-16(8-14)17(19)10-21-18/h2-5,8-10,13,15,21H,6-7,19H2,1H3/t13-,15+. The normalized spacial score (nSPS) is 20.8. The number of aromatic nitrogens is 2. The van der Waals surface area contributed by atoms with Crippen LogP contribution >= 0.6 is 0 Å². The molecule has 0 atom stereocenters. The lowest BCUT2D eigenvalue weighted by Gasteiger charge is -2.35. The molecule has 0 unspecified atom stereocenters. The van der Waals surface area contributed by atoms with Crippen LogP contribution in [0, 0.1) is 6.92 Å². The molecule has 22 heavy (non-hydrogen) atoms. The minimum absolute atomic E-state index is 0.281. The molecule has 0 amide bonds. The molecule has 4 rings (SSSR count). The van der Waals surface area contributed by atoms with Gasteiger partial charge in [0.2, 0.25) is 0 Å². The molecule has 1 aromatic carbocycles. The zero-order valence-corrected chi connectivity index (χ0v) is 12.5. The summed E-state index contributed by atoms with van der Waals surface area (Å²) < 4.78 is 6.07. The molecule has 0 saturated heterocycles. The van der Waals surface area contributed by atoms with Crippen LogP contribution < -0.4 is 10.5 Å². The Kier molecular flexibility index (Phi) is 3.03. The highest BCUT2D eigenvalue weighted by Crippen LogP contribution is 2.39. The summed E-state index contributed by atoms with van der Waals surface area (Å²) >= 11 is 0. The van der Waals surface area contributed by atoms with Crippen molar-refractivity contribution in [2.75, 3.05) is 5.73 Å². The molecule has 2 aromatic heterocycles. The lowest BCUT2D eigenvalue weighted by Crippen LogP contribution is -2.32. The maximum absolute atomic E-state index is 6.07.